The number of hydrogen-bond donors (Lipinski definition) is 3. The molecule has 7 nitrogen and oxygen atoms in total. The molecule has 1 unspecified atom stereocenters. The second-order valence-electron chi connectivity index (χ2n) is 7.60. The smallest absolute Gasteiger partial charge is 0.242 e. The molecule has 0 radical (unpaired) electrons. The molecule has 160 valence electrons. The van der Waals surface area contributed by atoms with Crippen LogP contribution in [0.1, 0.15) is 39.3 Å². The van der Waals surface area contributed by atoms with Gasteiger partial charge in [-0.15, -0.1) is 24.0 Å². The Kier molecular flexibility index (Phi) is 12.1. The molecule has 0 aliphatic carbocycles. The van der Waals surface area contributed by atoms with Crippen molar-refractivity contribution in [2.24, 2.45) is 4.99 Å². The first-order valence-electron chi connectivity index (χ1n) is 9.30. The first-order chi connectivity index (χ1) is 12.7. The van der Waals surface area contributed by atoms with Crippen molar-refractivity contribution in [3.05, 3.63) is 29.8 Å². The number of carbonyl (C=O) groups excluding carboxylic acids is 1. The number of benzene rings is 1. The largest absolute Gasteiger partial charge is 0.496 e. The lowest BCUT2D eigenvalue weighted by Crippen LogP contribution is -2.44. The van der Waals surface area contributed by atoms with Crippen LogP contribution in [0, 0.1) is 0 Å². The highest BCUT2D eigenvalue weighted by Crippen LogP contribution is 2.27. The molecule has 1 aromatic rings. The average molecular weight is 505 g/mol. The van der Waals surface area contributed by atoms with Gasteiger partial charge in [0.15, 0.2) is 5.96 Å². The number of carbonyl (C=O) groups is 1. The van der Waals surface area contributed by atoms with Gasteiger partial charge in [0.05, 0.1) is 13.2 Å². The van der Waals surface area contributed by atoms with E-state index in [2.05, 4.69) is 31.9 Å². The number of para-hydroxylation sites is 1. The Labute approximate surface area is 186 Å². The maximum atomic E-state index is 12.0. The zero-order valence-corrected chi connectivity index (χ0v) is 20.5. The molecule has 8 heteroatoms. The molecule has 1 atom stereocenters. The second-order valence-corrected chi connectivity index (χ2v) is 7.60. The fraction of sp³-hybridized carbons (Fsp3) is 0.600. The predicted molar refractivity (Wildman–Crippen MR) is 127 cm³/mol. The maximum absolute atomic E-state index is 12.0. The van der Waals surface area contributed by atoms with Crippen molar-refractivity contribution >= 4 is 35.8 Å². The summed E-state index contributed by atoms with van der Waals surface area (Å²) in [6.07, 6.45) is 0. The van der Waals surface area contributed by atoms with Gasteiger partial charge in [0, 0.05) is 24.2 Å². The Balaban J connectivity index is 0.00000729. The van der Waals surface area contributed by atoms with Crippen LogP contribution in [0.4, 0.5) is 0 Å². The zero-order chi connectivity index (χ0) is 20.4. The van der Waals surface area contributed by atoms with E-state index in [0.29, 0.717) is 19.0 Å². The normalized spacial score (nSPS) is 12.8. The summed E-state index contributed by atoms with van der Waals surface area (Å²) in [5.74, 6) is 1.36. The molecule has 0 spiro atoms. The molecule has 1 rings (SSSR count). The van der Waals surface area contributed by atoms with Gasteiger partial charge < -0.3 is 25.6 Å². The van der Waals surface area contributed by atoms with Gasteiger partial charge in [-0.05, 0) is 47.9 Å². The number of ether oxygens (including phenoxy) is 1. The van der Waals surface area contributed by atoms with Crippen LogP contribution >= 0.6 is 24.0 Å². The van der Waals surface area contributed by atoms with E-state index in [9.17, 15) is 4.79 Å². The lowest BCUT2D eigenvalue weighted by atomic mass is 10.0. The van der Waals surface area contributed by atoms with Crippen molar-refractivity contribution in [1.82, 2.24) is 20.9 Å². The monoisotopic (exact) mass is 505 g/mol. The molecule has 1 amide bonds. The van der Waals surface area contributed by atoms with E-state index in [-0.39, 0.29) is 48.0 Å². The van der Waals surface area contributed by atoms with Gasteiger partial charge >= 0.3 is 0 Å². The summed E-state index contributed by atoms with van der Waals surface area (Å²) in [5, 5.41) is 9.43. The van der Waals surface area contributed by atoms with Crippen molar-refractivity contribution < 1.29 is 9.53 Å². The Bertz CT molecular complexity index is 629. The number of halogens is 1. The molecule has 28 heavy (non-hydrogen) atoms. The predicted octanol–water partition coefficient (Wildman–Crippen LogP) is 2.39. The first-order valence-corrected chi connectivity index (χ1v) is 9.30. The van der Waals surface area contributed by atoms with Gasteiger partial charge in [-0.2, -0.15) is 0 Å². The molecule has 1 aromatic carbocycles. The lowest BCUT2D eigenvalue weighted by Gasteiger charge is -2.27. The number of rotatable bonds is 8. The minimum Gasteiger partial charge on any atom is -0.496 e. The second kappa shape index (κ2) is 12.8. The first kappa shape index (κ1) is 26.4. The number of nitrogens with one attached hydrogen (secondary N) is 3. The zero-order valence-electron chi connectivity index (χ0n) is 18.1. The quantitative estimate of drug-likeness (QED) is 0.288. The SMILES string of the molecule is CCNC(=NCC(=O)NC(C)(C)C)NCC(c1ccccc1OC)N(C)C.I. The highest BCUT2D eigenvalue weighted by atomic mass is 127. The molecule has 0 fully saturated rings. The lowest BCUT2D eigenvalue weighted by molar-refractivity contribution is -0.121. The van der Waals surface area contributed by atoms with Crippen LogP contribution in [0.3, 0.4) is 0 Å². The molecular weight excluding hydrogens is 469 g/mol. The molecule has 0 aliphatic heterocycles. The van der Waals surface area contributed by atoms with E-state index in [1.807, 2.05) is 60.0 Å². The van der Waals surface area contributed by atoms with E-state index in [1.54, 1.807) is 7.11 Å². The van der Waals surface area contributed by atoms with Gasteiger partial charge in [-0.3, -0.25) is 4.79 Å². The summed E-state index contributed by atoms with van der Waals surface area (Å²) >= 11 is 0. The number of amides is 1. The summed E-state index contributed by atoms with van der Waals surface area (Å²) in [6.45, 7) is 9.27. The molecular formula is C20H36IN5O2. The van der Waals surface area contributed by atoms with E-state index < -0.39 is 0 Å². The third-order valence-corrected chi connectivity index (χ3v) is 3.82. The Morgan fingerprint density at radius 3 is 2.39 bits per heavy atom. The van der Waals surface area contributed by atoms with Gasteiger partial charge in [0.25, 0.3) is 0 Å². The van der Waals surface area contributed by atoms with Crippen LogP contribution in [0.5, 0.6) is 5.75 Å². The van der Waals surface area contributed by atoms with E-state index >= 15 is 0 Å². The Hall–Kier alpha value is -1.55. The van der Waals surface area contributed by atoms with Crippen molar-refractivity contribution in [3.8, 4) is 5.75 Å². The summed E-state index contributed by atoms with van der Waals surface area (Å²) in [5.41, 5.74) is 0.831. The topological polar surface area (TPSA) is 78.0 Å². The molecule has 0 heterocycles. The van der Waals surface area contributed by atoms with Gasteiger partial charge in [0.1, 0.15) is 12.3 Å². The average Bonchev–Trinajstić information content (AvgIpc) is 2.58. The molecule has 0 saturated carbocycles. The van der Waals surface area contributed by atoms with Gasteiger partial charge in [-0.25, -0.2) is 4.99 Å². The summed E-state index contributed by atoms with van der Waals surface area (Å²) in [7, 11) is 5.73. The van der Waals surface area contributed by atoms with Gasteiger partial charge in [0.2, 0.25) is 5.91 Å². The molecule has 0 aliphatic rings. The molecule has 0 saturated heterocycles. The third-order valence-electron chi connectivity index (χ3n) is 3.82. The van der Waals surface area contributed by atoms with Crippen molar-refractivity contribution in [3.63, 3.8) is 0 Å². The molecule has 3 N–H and O–H groups in total. The Morgan fingerprint density at radius 1 is 1.21 bits per heavy atom. The minimum atomic E-state index is -0.266. The number of nitrogens with zero attached hydrogens (tertiary/aromatic N) is 2. The van der Waals surface area contributed by atoms with Crippen LogP contribution < -0.4 is 20.7 Å². The summed E-state index contributed by atoms with van der Waals surface area (Å²) < 4.78 is 5.50. The number of hydrogen-bond acceptors (Lipinski definition) is 4. The van der Waals surface area contributed by atoms with E-state index in [1.165, 1.54) is 0 Å². The fourth-order valence-electron chi connectivity index (χ4n) is 2.66. The van der Waals surface area contributed by atoms with Crippen molar-refractivity contribution in [1.29, 1.82) is 0 Å². The van der Waals surface area contributed by atoms with E-state index in [4.69, 9.17) is 4.74 Å². The third kappa shape index (κ3) is 9.59. The number of aliphatic imine (C=N–C) groups is 1. The minimum absolute atomic E-state index is 0. The van der Waals surface area contributed by atoms with Crippen LogP contribution in [-0.4, -0.2) is 63.1 Å². The number of guanidine groups is 1. The van der Waals surface area contributed by atoms with Crippen LogP contribution in [-0.2, 0) is 4.79 Å². The van der Waals surface area contributed by atoms with Crippen LogP contribution in [0.15, 0.2) is 29.3 Å². The summed E-state index contributed by atoms with van der Waals surface area (Å²) in [6, 6.07) is 8.08. The van der Waals surface area contributed by atoms with Crippen molar-refractivity contribution in [2.45, 2.75) is 39.3 Å². The standard InChI is InChI=1S/C20H35N5O2.HI/c1-8-21-19(23-14-18(26)24-20(2,3)4)22-13-16(25(5)6)15-11-9-10-12-17(15)27-7;/h9-12,16H,8,13-14H2,1-7H3,(H,24,26)(H2,21,22,23);1H. The van der Waals surface area contributed by atoms with E-state index in [0.717, 1.165) is 11.3 Å². The molecule has 0 aromatic heterocycles. The number of methoxy groups -OCH3 is 1. The Morgan fingerprint density at radius 2 is 1.86 bits per heavy atom. The summed E-state index contributed by atoms with van der Waals surface area (Å²) in [4.78, 5) is 18.5. The van der Waals surface area contributed by atoms with Crippen LogP contribution in [0.25, 0.3) is 0 Å². The maximum Gasteiger partial charge on any atom is 0.242 e. The highest BCUT2D eigenvalue weighted by molar-refractivity contribution is 14.0. The van der Waals surface area contributed by atoms with Gasteiger partial charge in [-0.1, -0.05) is 18.2 Å². The highest BCUT2D eigenvalue weighted by Gasteiger charge is 2.19. The van der Waals surface area contributed by atoms with Crippen molar-refractivity contribution in [2.75, 3.05) is 40.8 Å². The fourth-order valence-corrected chi connectivity index (χ4v) is 2.66. The molecule has 0 bridgehead atoms. The van der Waals surface area contributed by atoms with Crippen LogP contribution in [0.2, 0.25) is 0 Å². The number of likely N-dealkylation sites (N-methyl/N-ethyl adjacent to an activating group) is 1.